The third-order valence-electron chi connectivity index (χ3n) is 2.43. The number of nitrogens with one attached hydrogen (secondary N) is 1. The molecule has 0 saturated heterocycles. The van der Waals surface area contributed by atoms with Gasteiger partial charge in [0.2, 0.25) is 0 Å². The van der Waals surface area contributed by atoms with Crippen molar-refractivity contribution in [3.63, 3.8) is 0 Å². The van der Waals surface area contributed by atoms with Crippen LogP contribution in [0.4, 0.5) is 0 Å². The van der Waals surface area contributed by atoms with Crippen molar-refractivity contribution in [2.45, 2.75) is 11.8 Å². The van der Waals surface area contributed by atoms with Crippen molar-refractivity contribution >= 4 is 25.8 Å². The average Bonchev–Trinajstić information content (AvgIpc) is 2.59. The van der Waals surface area contributed by atoms with Crippen molar-refractivity contribution in [3.05, 3.63) is 34.4 Å². The van der Waals surface area contributed by atoms with Crippen molar-refractivity contribution in [2.24, 2.45) is 0 Å². The van der Waals surface area contributed by atoms with Crippen molar-refractivity contribution in [1.29, 1.82) is 0 Å². The van der Waals surface area contributed by atoms with Gasteiger partial charge in [0.15, 0.2) is 9.84 Å². The zero-order chi connectivity index (χ0) is 12.6. The summed E-state index contributed by atoms with van der Waals surface area (Å²) in [5.41, 5.74) is 2.59. The highest BCUT2D eigenvalue weighted by molar-refractivity contribution is 9.10. The quantitative estimate of drug-likeness (QED) is 0.926. The molecular formula is C11H11BrN2O2S. The van der Waals surface area contributed by atoms with E-state index in [9.17, 15) is 8.42 Å². The SMILES string of the molecule is Cc1[nH]nc(-c2ccc(S(C)(=O)=O)cc2)c1Br. The number of nitrogens with zero attached hydrogens (tertiary/aromatic N) is 1. The van der Waals surface area contributed by atoms with Crippen molar-refractivity contribution in [3.8, 4) is 11.3 Å². The molecule has 0 aliphatic carbocycles. The van der Waals surface area contributed by atoms with Gasteiger partial charge in [0, 0.05) is 17.5 Å². The first kappa shape index (κ1) is 12.3. The van der Waals surface area contributed by atoms with E-state index in [0.717, 1.165) is 21.4 Å². The summed E-state index contributed by atoms with van der Waals surface area (Å²) in [5.74, 6) is 0. The molecule has 6 heteroatoms. The van der Waals surface area contributed by atoms with Gasteiger partial charge in [-0.3, -0.25) is 5.10 Å². The van der Waals surface area contributed by atoms with Gasteiger partial charge in [-0.05, 0) is 35.0 Å². The standard InChI is InChI=1S/C11H11BrN2O2S/c1-7-10(12)11(14-13-7)8-3-5-9(6-4-8)17(2,15)16/h3-6H,1-2H3,(H,13,14). The Morgan fingerprint density at radius 1 is 1.24 bits per heavy atom. The molecule has 0 bridgehead atoms. The normalized spacial score (nSPS) is 11.7. The van der Waals surface area contributed by atoms with E-state index in [0.29, 0.717) is 4.90 Å². The topological polar surface area (TPSA) is 62.8 Å². The third kappa shape index (κ3) is 2.42. The second kappa shape index (κ2) is 4.27. The highest BCUT2D eigenvalue weighted by atomic mass is 79.9. The number of aryl methyl sites for hydroxylation is 1. The maximum Gasteiger partial charge on any atom is 0.175 e. The van der Waals surface area contributed by atoms with E-state index in [1.165, 1.54) is 6.26 Å². The van der Waals surface area contributed by atoms with Crippen molar-refractivity contribution in [1.82, 2.24) is 10.2 Å². The Hall–Kier alpha value is -1.14. The van der Waals surface area contributed by atoms with E-state index in [4.69, 9.17) is 0 Å². The summed E-state index contributed by atoms with van der Waals surface area (Å²) in [7, 11) is -3.15. The average molecular weight is 315 g/mol. The maximum absolute atomic E-state index is 11.3. The van der Waals surface area contributed by atoms with Crippen LogP contribution in [0.25, 0.3) is 11.3 Å². The van der Waals surface area contributed by atoms with Crippen molar-refractivity contribution < 1.29 is 8.42 Å². The monoisotopic (exact) mass is 314 g/mol. The Balaban J connectivity index is 2.46. The summed E-state index contributed by atoms with van der Waals surface area (Å²) in [6, 6.07) is 6.66. The summed E-state index contributed by atoms with van der Waals surface area (Å²) in [6.07, 6.45) is 1.19. The first-order valence-corrected chi connectivity index (χ1v) is 7.59. The van der Waals surface area contributed by atoms with E-state index in [2.05, 4.69) is 26.1 Å². The number of sulfone groups is 1. The first-order valence-electron chi connectivity index (χ1n) is 4.90. The zero-order valence-electron chi connectivity index (χ0n) is 9.36. The van der Waals surface area contributed by atoms with E-state index < -0.39 is 9.84 Å². The summed E-state index contributed by atoms with van der Waals surface area (Å²) in [4.78, 5) is 0.310. The number of hydrogen-bond donors (Lipinski definition) is 1. The van der Waals surface area contributed by atoms with Crippen LogP contribution in [0.5, 0.6) is 0 Å². The molecule has 1 aromatic heterocycles. The lowest BCUT2D eigenvalue weighted by Crippen LogP contribution is -1.96. The Morgan fingerprint density at radius 3 is 2.24 bits per heavy atom. The second-order valence-electron chi connectivity index (χ2n) is 3.81. The number of H-pyrrole nitrogens is 1. The van der Waals surface area contributed by atoms with Crippen molar-refractivity contribution in [2.75, 3.05) is 6.26 Å². The van der Waals surface area contributed by atoms with Crippen LogP contribution in [0.15, 0.2) is 33.6 Å². The fourth-order valence-electron chi connectivity index (χ4n) is 1.47. The van der Waals surface area contributed by atoms with Gasteiger partial charge in [0.05, 0.1) is 9.37 Å². The molecule has 90 valence electrons. The molecule has 17 heavy (non-hydrogen) atoms. The molecule has 1 heterocycles. The number of benzene rings is 1. The minimum atomic E-state index is -3.15. The molecule has 2 rings (SSSR count). The molecule has 4 nitrogen and oxygen atoms in total. The lowest BCUT2D eigenvalue weighted by molar-refractivity contribution is 0.602. The van der Waals surface area contributed by atoms with E-state index in [1.807, 2.05) is 6.92 Å². The highest BCUT2D eigenvalue weighted by Crippen LogP contribution is 2.28. The molecule has 0 aliphatic rings. The van der Waals surface area contributed by atoms with Gasteiger partial charge in [-0.25, -0.2) is 8.42 Å². The van der Waals surface area contributed by atoms with Crippen LogP contribution in [0.2, 0.25) is 0 Å². The van der Waals surface area contributed by atoms with E-state index in [1.54, 1.807) is 24.3 Å². The zero-order valence-corrected chi connectivity index (χ0v) is 11.8. The second-order valence-corrected chi connectivity index (χ2v) is 6.62. The van der Waals surface area contributed by atoms with Crippen LogP contribution in [-0.4, -0.2) is 24.9 Å². The number of aromatic nitrogens is 2. The summed E-state index contributed by atoms with van der Waals surface area (Å²) in [6.45, 7) is 1.91. The van der Waals surface area contributed by atoms with E-state index in [-0.39, 0.29) is 0 Å². The van der Waals surface area contributed by atoms with Crippen LogP contribution in [0, 0.1) is 6.92 Å². The predicted octanol–water partition coefficient (Wildman–Crippen LogP) is 2.55. The molecule has 0 fully saturated rings. The van der Waals surface area contributed by atoms with Crippen LogP contribution in [-0.2, 0) is 9.84 Å². The minimum Gasteiger partial charge on any atom is -0.281 e. The van der Waals surface area contributed by atoms with E-state index >= 15 is 0 Å². The molecule has 0 radical (unpaired) electrons. The Bertz CT molecular complexity index is 645. The van der Waals surface area contributed by atoms with Gasteiger partial charge in [0.1, 0.15) is 5.69 Å². The summed E-state index contributed by atoms with van der Waals surface area (Å²) in [5, 5.41) is 7.02. The van der Waals surface area contributed by atoms with Gasteiger partial charge >= 0.3 is 0 Å². The smallest absolute Gasteiger partial charge is 0.175 e. The van der Waals surface area contributed by atoms with Crippen LogP contribution < -0.4 is 0 Å². The Morgan fingerprint density at radius 2 is 1.82 bits per heavy atom. The fourth-order valence-corrected chi connectivity index (χ4v) is 2.50. The van der Waals surface area contributed by atoms with Gasteiger partial charge in [-0.1, -0.05) is 12.1 Å². The molecule has 0 aliphatic heterocycles. The lowest BCUT2D eigenvalue weighted by atomic mass is 10.1. The van der Waals surface area contributed by atoms with Crippen LogP contribution >= 0.6 is 15.9 Å². The summed E-state index contributed by atoms with van der Waals surface area (Å²) >= 11 is 3.43. The largest absolute Gasteiger partial charge is 0.281 e. The predicted molar refractivity (Wildman–Crippen MR) is 69.6 cm³/mol. The Labute approximate surface area is 108 Å². The van der Waals surface area contributed by atoms with Gasteiger partial charge < -0.3 is 0 Å². The van der Waals surface area contributed by atoms with Gasteiger partial charge in [-0.2, -0.15) is 5.10 Å². The number of aromatic amines is 1. The minimum absolute atomic E-state index is 0.310. The molecule has 2 aromatic rings. The molecule has 1 aromatic carbocycles. The van der Waals surface area contributed by atoms with Crippen LogP contribution in [0.3, 0.4) is 0 Å². The molecular weight excluding hydrogens is 304 g/mol. The molecule has 0 atom stereocenters. The number of rotatable bonds is 2. The fraction of sp³-hybridized carbons (Fsp3) is 0.182. The lowest BCUT2D eigenvalue weighted by Gasteiger charge is -2.01. The number of halogens is 1. The maximum atomic E-state index is 11.3. The molecule has 0 unspecified atom stereocenters. The van der Waals surface area contributed by atoms with Gasteiger partial charge in [-0.15, -0.1) is 0 Å². The molecule has 0 saturated carbocycles. The van der Waals surface area contributed by atoms with Gasteiger partial charge in [0.25, 0.3) is 0 Å². The third-order valence-corrected chi connectivity index (χ3v) is 4.53. The molecule has 0 spiro atoms. The highest BCUT2D eigenvalue weighted by Gasteiger charge is 2.11. The number of hydrogen-bond acceptors (Lipinski definition) is 3. The Kier molecular flexibility index (Phi) is 3.09. The molecule has 0 amide bonds. The summed E-state index contributed by atoms with van der Waals surface area (Å²) < 4.78 is 23.5. The first-order chi connectivity index (χ1) is 7.89. The molecule has 1 N–H and O–H groups in total. The van der Waals surface area contributed by atoms with Crippen LogP contribution in [0.1, 0.15) is 5.69 Å².